The Morgan fingerprint density at radius 1 is 1.39 bits per heavy atom. The monoisotopic (exact) mass is 335 g/mol. The average molecular weight is 336 g/mol. The van der Waals surface area contributed by atoms with Gasteiger partial charge < -0.3 is 10.6 Å². The summed E-state index contributed by atoms with van der Waals surface area (Å²) in [7, 11) is 0. The van der Waals surface area contributed by atoms with Crippen molar-refractivity contribution in [1.82, 2.24) is 25.6 Å². The molecule has 2 N–H and O–H groups in total. The van der Waals surface area contributed by atoms with E-state index in [-0.39, 0.29) is 24.4 Å². The van der Waals surface area contributed by atoms with E-state index in [0.29, 0.717) is 5.69 Å². The van der Waals surface area contributed by atoms with E-state index in [4.69, 9.17) is 0 Å². The maximum atomic E-state index is 12.4. The maximum absolute atomic E-state index is 12.4. The number of rotatable bonds is 3. The van der Waals surface area contributed by atoms with E-state index < -0.39 is 0 Å². The van der Waals surface area contributed by atoms with Crippen LogP contribution in [0.2, 0.25) is 0 Å². The third kappa shape index (κ3) is 3.89. The Kier molecular flexibility index (Phi) is 5.74. The van der Waals surface area contributed by atoms with Crippen molar-refractivity contribution in [3.05, 3.63) is 41.2 Å². The summed E-state index contributed by atoms with van der Waals surface area (Å²) in [5.41, 5.74) is 3.22. The van der Waals surface area contributed by atoms with Crippen LogP contribution in [0, 0.1) is 13.8 Å². The predicted octanol–water partition coefficient (Wildman–Crippen LogP) is 1.79. The number of benzene rings is 1. The lowest BCUT2D eigenvalue weighted by Gasteiger charge is -2.23. The lowest BCUT2D eigenvalue weighted by atomic mass is 10.1. The first-order valence-electron chi connectivity index (χ1n) is 7.66. The Hall–Kier alpha value is -1.92. The maximum Gasteiger partial charge on any atom is 0.274 e. The third-order valence-electron chi connectivity index (χ3n) is 3.99. The molecule has 1 saturated heterocycles. The number of hydrogen-bond donors (Lipinski definition) is 2. The van der Waals surface area contributed by atoms with E-state index in [1.165, 1.54) is 0 Å². The minimum atomic E-state index is -0.148. The molecule has 0 aliphatic carbocycles. The summed E-state index contributed by atoms with van der Waals surface area (Å²) in [6.45, 7) is 5.74. The first-order valence-corrected chi connectivity index (χ1v) is 7.66. The molecule has 0 unspecified atom stereocenters. The molecular formula is C16H22ClN5O. The second-order valence-electron chi connectivity index (χ2n) is 5.79. The quantitative estimate of drug-likeness (QED) is 0.897. The summed E-state index contributed by atoms with van der Waals surface area (Å²) in [5.74, 6) is -0.148. The lowest BCUT2D eigenvalue weighted by molar-refractivity contribution is 0.0925. The van der Waals surface area contributed by atoms with Crippen LogP contribution in [0.25, 0.3) is 5.69 Å². The van der Waals surface area contributed by atoms with Crippen molar-refractivity contribution in [2.75, 3.05) is 13.1 Å². The zero-order chi connectivity index (χ0) is 15.5. The number of halogens is 1. The fraction of sp³-hybridized carbons (Fsp3) is 0.438. The number of carbonyl (C=O) groups excluding carboxylic acids is 1. The van der Waals surface area contributed by atoms with E-state index in [1.807, 2.05) is 38.1 Å². The van der Waals surface area contributed by atoms with Gasteiger partial charge in [0.1, 0.15) is 0 Å². The van der Waals surface area contributed by atoms with Crippen molar-refractivity contribution in [2.45, 2.75) is 32.7 Å². The summed E-state index contributed by atoms with van der Waals surface area (Å²) in [4.78, 5) is 12.4. The second kappa shape index (κ2) is 7.57. The van der Waals surface area contributed by atoms with Gasteiger partial charge in [0.05, 0.1) is 11.4 Å². The van der Waals surface area contributed by atoms with E-state index in [0.717, 1.165) is 42.9 Å². The molecular weight excluding hydrogens is 314 g/mol. The van der Waals surface area contributed by atoms with Crippen molar-refractivity contribution < 1.29 is 4.79 Å². The molecule has 1 aliphatic rings. The van der Waals surface area contributed by atoms with Crippen LogP contribution >= 0.6 is 12.4 Å². The molecule has 0 radical (unpaired) electrons. The van der Waals surface area contributed by atoms with Crippen LogP contribution in [0.3, 0.4) is 0 Å². The molecule has 6 nitrogen and oxygen atoms in total. The van der Waals surface area contributed by atoms with Crippen LogP contribution in [0.5, 0.6) is 0 Å². The van der Waals surface area contributed by atoms with Gasteiger partial charge in [0.15, 0.2) is 5.69 Å². The Balaban J connectivity index is 0.00000192. The Labute approximate surface area is 142 Å². The van der Waals surface area contributed by atoms with Crippen molar-refractivity contribution >= 4 is 18.3 Å². The molecule has 3 rings (SSSR count). The van der Waals surface area contributed by atoms with Crippen molar-refractivity contribution in [3.8, 4) is 5.69 Å². The van der Waals surface area contributed by atoms with Gasteiger partial charge in [0, 0.05) is 12.6 Å². The van der Waals surface area contributed by atoms with Gasteiger partial charge in [-0.05, 0) is 50.9 Å². The van der Waals surface area contributed by atoms with Crippen LogP contribution in [-0.2, 0) is 0 Å². The molecule has 1 atom stereocenters. The topological polar surface area (TPSA) is 71.8 Å². The van der Waals surface area contributed by atoms with Gasteiger partial charge in [-0.2, -0.15) is 0 Å². The zero-order valence-electron chi connectivity index (χ0n) is 13.4. The smallest absolute Gasteiger partial charge is 0.274 e. The number of aryl methyl sites for hydroxylation is 1. The van der Waals surface area contributed by atoms with E-state index in [1.54, 1.807) is 4.68 Å². The highest BCUT2D eigenvalue weighted by Gasteiger charge is 2.21. The average Bonchev–Trinajstić information content (AvgIpc) is 2.90. The molecule has 7 heteroatoms. The molecule has 1 fully saturated rings. The highest BCUT2D eigenvalue weighted by molar-refractivity contribution is 5.93. The molecule has 2 aromatic rings. The van der Waals surface area contributed by atoms with Crippen molar-refractivity contribution in [3.63, 3.8) is 0 Å². The predicted molar refractivity (Wildman–Crippen MR) is 91.4 cm³/mol. The number of aromatic nitrogens is 3. The minimum Gasteiger partial charge on any atom is -0.347 e. The summed E-state index contributed by atoms with van der Waals surface area (Å²) in [6, 6.07) is 8.15. The highest BCUT2D eigenvalue weighted by Crippen LogP contribution is 2.14. The Morgan fingerprint density at radius 2 is 2.22 bits per heavy atom. The van der Waals surface area contributed by atoms with Crippen molar-refractivity contribution in [2.24, 2.45) is 0 Å². The number of carbonyl (C=O) groups is 1. The molecule has 1 amide bonds. The number of nitrogens with zero attached hydrogens (tertiary/aromatic N) is 3. The van der Waals surface area contributed by atoms with E-state index >= 15 is 0 Å². The highest BCUT2D eigenvalue weighted by atomic mass is 35.5. The summed E-state index contributed by atoms with van der Waals surface area (Å²) in [6.07, 6.45) is 2.09. The largest absolute Gasteiger partial charge is 0.347 e. The van der Waals surface area contributed by atoms with Gasteiger partial charge in [-0.25, -0.2) is 4.68 Å². The summed E-state index contributed by atoms with van der Waals surface area (Å²) in [5, 5.41) is 14.5. The van der Waals surface area contributed by atoms with Gasteiger partial charge in [-0.3, -0.25) is 4.79 Å². The molecule has 1 aliphatic heterocycles. The first-order chi connectivity index (χ1) is 10.6. The van der Waals surface area contributed by atoms with Crippen LogP contribution in [-0.4, -0.2) is 40.0 Å². The Morgan fingerprint density at radius 3 is 2.91 bits per heavy atom. The Bertz CT molecular complexity index is 679. The number of amides is 1. The molecule has 1 aromatic heterocycles. The van der Waals surface area contributed by atoms with Crippen LogP contribution in [0.15, 0.2) is 24.3 Å². The van der Waals surface area contributed by atoms with Gasteiger partial charge in [0.25, 0.3) is 5.91 Å². The molecule has 0 bridgehead atoms. The van der Waals surface area contributed by atoms with E-state index in [2.05, 4.69) is 20.9 Å². The SMILES string of the molecule is Cc1cccc(-n2nnc(C(=O)N[C@H]3CCCNC3)c2C)c1.Cl. The molecule has 124 valence electrons. The van der Waals surface area contributed by atoms with Crippen LogP contribution < -0.4 is 10.6 Å². The molecule has 23 heavy (non-hydrogen) atoms. The third-order valence-corrected chi connectivity index (χ3v) is 3.99. The minimum absolute atomic E-state index is 0. The number of nitrogens with one attached hydrogen (secondary N) is 2. The lowest BCUT2D eigenvalue weighted by Crippen LogP contribution is -2.45. The van der Waals surface area contributed by atoms with Crippen molar-refractivity contribution in [1.29, 1.82) is 0 Å². The first kappa shape index (κ1) is 17.4. The summed E-state index contributed by atoms with van der Waals surface area (Å²) < 4.78 is 1.71. The van der Waals surface area contributed by atoms with Gasteiger partial charge in [-0.15, -0.1) is 17.5 Å². The fourth-order valence-corrected chi connectivity index (χ4v) is 2.77. The summed E-state index contributed by atoms with van der Waals surface area (Å²) >= 11 is 0. The number of piperidine rings is 1. The van der Waals surface area contributed by atoms with Crippen LogP contribution in [0.1, 0.15) is 34.6 Å². The molecule has 0 spiro atoms. The van der Waals surface area contributed by atoms with E-state index in [9.17, 15) is 4.79 Å². The second-order valence-corrected chi connectivity index (χ2v) is 5.79. The molecule has 0 saturated carbocycles. The standard InChI is InChI=1S/C16H21N5O.ClH/c1-11-5-3-7-14(9-11)21-12(2)15(19-20-21)16(22)18-13-6-4-8-17-10-13;/h3,5,7,9,13,17H,4,6,8,10H2,1-2H3,(H,18,22);1H/t13-;/m0./s1. The normalized spacial score (nSPS) is 17.4. The number of hydrogen-bond acceptors (Lipinski definition) is 4. The van der Waals surface area contributed by atoms with Gasteiger partial charge >= 0.3 is 0 Å². The molecule has 1 aromatic carbocycles. The van der Waals surface area contributed by atoms with Gasteiger partial charge in [-0.1, -0.05) is 17.3 Å². The fourth-order valence-electron chi connectivity index (χ4n) is 2.77. The van der Waals surface area contributed by atoms with Gasteiger partial charge in [0.2, 0.25) is 0 Å². The van der Waals surface area contributed by atoms with Crippen LogP contribution in [0.4, 0.5) is 0 Å². The molecule has 2 heterocycles. The zero-order valence-corrected chi connectivity index (χ0v) is 14.2.